The minimum atomic E-state index is -3.08. The molecule has 3 nitrogen and oxygen atoms in total. The lowest BCUT2D eigenvalue weighted by molar-refractivity contribution is 0.592. The van der Waals surface area contributed by atoms with Crippen LogP contribution in [0, 0.1) is 0 Å². The molecule has 2 aromatic heterocycles. The summed E-state index contributed by atoms with van der Waals surface area (Å²) in [4.78, 5) is 5.32. The number of rotatable bonds is 7. The summed E-state index contributed by atoms with van der Waals surface area (Å²) >= 11 is 0. The maximum Gasteiger partial charge on any atom is 0.171 e. The van der Waals surface area contributed by atoms with Gasteiger partial charge in [0.25, 0.3) is 0 Å². The smallest absolute Gasteiger partial charge is 0.171 e. The first-order chi connectivity index (χ1) is 25.2. The Morgan fingerprint density at radius 2 is 0.902 bits per heavy atom. The van der Waals surface area contributed by atoms with Crippen molar-refractivity contribution in [3.8, 4) is 44.8 Å². The predicted octanol–water partition coefficient (Wildman–Crippen LogP) is 11.3. The van der Waals surface area contributed by atoms with Gasteiger partial charge < -0.3 is 8.98 Å². The minimum Gasteiger partial charge on any atom is -0.455 e. The van der Waals surface area contributed by atoms with Crippen molar-refractivity contribution in [1.29, 1.82) is 0 Å². The molecule has 0 spiro atoms. The Morgan fingerprint density at radius 1 is 0.431 bits per heavy atom. The van der Waals surface area contributed by atoms with E-state index in [2.05, 4.69) is 91.0 Å². The summed E-state index contributed by atoms with van der Waals surface area (Å²) in [6, 6.07) is 65.2. The highest BCUT2D eigenvalue weighted by Gasteiger charge is 2.29. The molecule has 0 saturated carbocycles. The highest BCUT2D eigenvalue weighted by molar-refractivity contribution is 7.85. The zero-order chi connectivity index (χ0) is 34.2. The van der Waals surface area contributed by atoms with Gasteiger partial charge in [0.1, 0.15) is 11.3 Å². The van der Waals surface area contributed by atoms with Crippen molar-refractivity contribution in [2.45, 2.75) is 0 Å². The second-order valence-electron chi connectivity index (χ2n) is 12.6. The molecular formula is C47H32NO2P. The molecule has 0 aliphatic rings. The van der Waals surface area contributed by atoms with Crippen LogP contribution in [0.25, 0.3) is 66.7 Å². The molecule has 242 valence electrons. The number of nitrogens with zero attached hydrogens (tertiary/aromatic N) is 1. The number of pyridine rings is 1. The van der Waals surface area contributed by atoms with Crippen LogP contribution in [0.3, 0.4) is 0 Å². The van der Waals surface area contributed by atoms with E-state index in [4.69, 9.17) is 9.40 Å². The van der Waals surface area contributed by atoms with Gasteiger partial charge >= 0.3 is 0 Å². The second-order valence-corrected chi connectivity index (χ2v) is 15.4. The fourth-order valence-corrected chi connectivity index (χ4v) is 9.73. The molecule has 2 heterocycles. The fourth-order valence-electron chi connectivity index (χ4n) is 7.08. The van der Waals surface area contributed by atoms with E-state index < -0.39 is 7.14 Å². The fraction of sp³-hybridized carbons (Fsp3) is 0. The molecule has 0 fully saturated rings. The molecule has 0 aliphatic heterocycles. The molecule has 0 bridgehead atoms. The number of hydrogen-bond acceptors (Lipinski definition) is 3. The first-order valence-electron chi connectivity index (χ1n) is 17.1. The molecule has 9 aromatic rings. The van der Waals surface area contributed by atoms with Crippen LogP contribution < -0.4 is 15.9 Å². The molecule has 0 amide bonds. The van der Waals surface area contributed by atoms with Crippen LogP contribution in [-0.2, 0) is 4.57 Å². The third-order valence-corrected chi connectivity index (χ3v) is 12.6. The van der Waals surface area contributed by atoms with Gasteiger partial charge in [-0.3, -0.25) is 0 Å². The number of furan rings is 1. The van der Waals surface area contributed by atoms with E-state index in [1.165, 1.54) is 0 Å². The minimum absolute atomic E-state index is 0.798. The zero-order valence-electron chi connectivity index (χ0n) is 27.7. The second kappa shape index (κ2) is 12.9. The number of aromatic nitrogens is 1. The van der Waals surface area contributed by atoms with Crippen LogP contribution in [0.4, 0.5) is 0 Å². The average molecular weight is 674 g/mol. The van der Waals surface area contributed by atoms with E-state index in [9.17, 15) is 4.57 Å². The molecule has 7 aromatic carbocycles. The molecule has 51 heavy (non-hydrogen) atoms. The Balaban J connectivity index is 1.25. The van der Waals surface area contributed by atoms with Gasteiger partial charge in [-0.15, -0.1) is 0 Å². The van der Waals surface area contributed by atoms with Gasteiger partial charge in [-0.05, 0) is 28.8 Å². The summed E-state index contributed by atoms with van der Waals surface area (Å²) in [5.41, 5.74) is 8.72. The summed E-state index contributed by atoms with van der Waals surface area (Å²) in [7, 11) is -3.08. The van der Waals surface area contributed by atoms with Gasteiger partial charge in [-0.2, -0.15) is 0 Å². The van der Waals surface area contributed by atoms with Crippen LogP contribution in [-0.4, -0.2) is 4.98 Å². The molecule has 0 atom stereocenters. The van der Waals surface area contributed by atoms with Crippen molar-refractivity contribution in [1.82, 2.24) is 4.98 Å². The quantitative estimate of drug-likeness (QED) is 0.158. The maximum atomic E-state index is 15.0. The monoisotopic (exact) mass is 673 g/mol. The average Bonchev–Trinajstić information content (AvgIpc) is 3.63. The van der Waals surface area contributed by atoms with Gasteiger partial charge in [0.15, 0.2) is 7.14 Å². The summed E-state index contributed by atoms with van der Waals surface area (Å²) in [6.07, 6.45) is 0. The van der Waals surface area contributed by atoms with Gasteiger partial charge in [-0.25, -0.2) is 4.98 Å². The third kappa shape index (κ3) is 5.40. The Kier molecular flexibility index (Phi) is 7.76. The first kappa shape index (κ1) is 30.8. The lowest BCUT2D eigenvalue weighted by Gasteiger charge is -2.20. The molecule has 0 saturated heterocycles. The Hall–Kier alpha value is -6.28. The van der Waals surface area contributed by atoms with Crippen LogP contribution in [0.15, 0.2) is 199 Å². The van der Waals surface area contributed by atoms with Crippen LogP contribution in [0.2, 0.25) is 0 Å². The lowest BCUT2D eigenvalue weighted by Crippen LogP contribution is -2.24. The largest absolute Gasteiger partial charge is 0.455 e. The zero-order valence-corrected chi connectivity index (χ0v) is 28.6. The molecule has 4 heteroatoms. The standard InChI is InChI=1S/C47H32NO2P/c49-51(38-22-12-4-13-23-38,39-24-14-5-15-25-39)40-29-26-33(27-30-40)37-28-31-42-41(32-37)47-44(45(48-42)35-18-8-2-9-19-35)43(34-16-6-1-7-17-34)46(50-47)36-20-10-3-11-21-36/h1-32H. The van der Waals surface area contributed by atoms with Gasteiger partial charge in [0, 0.05) is 38.0 Å². The van der Waals surface area contributed by atoms with Crippen molar-refractivity contribution >= 4 is 44.9 Å². The Bertz CT molecular complexity index is 2630. The van der Waals surface area contributed by atoms with Gasteiger partial charge in [-0.1, -0.05) is 182 Å². The SMILES string of the molecule is O=P(c1ccccc1)(c1ccccc1)c1ccc(-c2ccc3nc(-c4ccccc4)c4c(-c5ccccc5)c(-c5ccccc5)oc4c3c2)cc1. The van der Waals surface area contributed by atoms with Gasteiger partial charge in [0.2, 0.25) is 0 Å². The Morgan fingerprint density at radius 3 is 1.47 bits per heavy atom. The highest BCUT2D eigenvalue weighted by Crippen LogP contribution is 2.47. The summed E-state index contributed by atoms with van der Waals surface area (Å²) in [5.74, 6) is 0.815. The van der Waals surface area contributed by atoms with Crippen molar-refractivity contribution in [2.75, 3.05) is 0 Å². The van der Waals surface area contributed by atoms with Crippen LogP contribution in [0.5, 0.6) is 0 Å². The van der Waals surface area contributed by atoms with Crippen LogP contribution in [0.1, 0.15) is 0 Å². The van der Waals surface area contributed by atoms with E-state index in [1.807, 2.05) is 103 Å². The number of hydrogen-bond donors (Lipinski definition) is 0. The maximum absolute atomic E-state index is 15.0. The molecular weight excluding hydrogens is 641 g/mol. The van der Waals surface area contributed by atoms with Crippen molar-refractivity contribution in [3.05, 3.63) is 194 Å². The van der Waals surface area contributed by atoms with Crippen LogP contribution >= 0.6 is 7.14 Å². The Labute approximate surface area is 296 Å². The van der Waals surface area contributed by atoms with Crippen molar-refractivity contribution in [3.63, 3.8) is 0 Å². The number of fused-ring (bicyclic) bond motifs is 3. The summed E-state index contributed by atoms with van der Waals surface area (Å²) in [5, 5.41) is 4.35. The predicted molar refractivity (Wildman–Crippen MR) is 213 cm³/mol. The molecule has 9 rings (SSSR count). The molecule has 0 unspecified atom stereocenters. The molecule has 0 radical (unpaired) electrons. The number of benzene rings is 7. The van der Waals surface area contributed by atoms with E-state index in [1.54, 1.807) is 0 Å². The summed E-state index contributed by atoms with van der Waals surface area (Å²) in [6.45, 7) is 0. The van der Waals surface area contributed by atoms with E-state index in [-0.39, 0.29) is 0 Å². The van der Waals surface area contributed by atoms with E-state index in [0.29, 0.717) is 0 Å². The lowest BCUT2D eigenvalue weighted by atomic mass is 9.94. The normalized spacial score (nSPS) is 11.6. The molecule has 0 N–H and O–H groups in total. The van der Waals surface area contributed by atoms with Crippen molar-refractivity contribution < 1.29 is 8.98 Å². The van der Waals surface area contributed by atoms with E-state index >= 15 is 0 Å². The molecule has 0 aliphatic carbocycles. The van der Waals surface area contributed by atoms with Gasteiger partial charge in [0.05, 0.1) is 16.6 Å². The highest BCUT2D eigenvalue weighted by atomic mass is 31.2. The first-order valence-corrected chi connectivity index (χ1v) is 18.8. The summed E-state index contributed by atoms with van der Waals surface area (Å²) < 4.78 is 22.0. The van der Waals surface area contributed by atoms with E-state index in [0.717, 1.165) is 82.6 Å². The third-order valence-electron chi connectivity index (χ3n) is 9.57. The topological polar surface area (TPSA) is 43.1 Å². The van der Waals surface area contributed by atoms with Crippen molar-refractivity contribution in [2.24, 2.45) is 0 Å².